The largest absolute Gasteiger partial charge is 0.495 e. The van der Waals surface area contributed by atoms with Gasteiger partial charge in [0.1, 0.15) is 10.8 Å². The van der Waals surface area contributed by atoms with E-state index in [2.05, 4.69) is 12.6 Å². The van der Waals surface area contributed by atoms with Gasteiger partial charge in [-0.05, 0) is 36.3 Å². The van der Waals surface area contributed by atoms with Crippen molar-refractivity contribution >= 4 is 35.8 Å². The number of aryl methyl sites for hydroxylation is 1. The molecule has 1 aromatic carbocycles. The predicted molar refractivity (Wildman–Crippen MR) is 65.2 cm³/mol. The first kappa shape index (κ1) is 12.0. The Morgan fingerprint density at radius 3 is 2.64 bits per heavy atom. The van der Waals surface area contributed by atoms with Gasteiger partial charge in [-0.15, -0.1) is 0 Å². The molecule has 1 nitrogen and oxygen atoms in total. The van der Waals surface area contributed by atoms with Crippen LogP contribution in [0.3, 0.4) is 0 Å². The lowest BCUT2D eigenvalue weighted by Gasteiger charge is -2.07. The number of ether oxygens (including phenoxy) is 1. The van der Waals surface area contributed by atoms with Crippen molar-refractivity contribution in [2.24, 2.45) is 0 Å². The summed E-state index contributed by atoms with van der Waals surface area (Å²) in [6.07, 6.45) is 1.96. The normalized spacial score (nSPS) is 10.3. The maximum Gasteiger partial charge on any atom is 0.139 e. The molecule has 1 rings (SSSR count). The molecular formula is C10H12Cl2OS. The first-order chi connectivity index (χ1) is 6.69. The van der Waals surface area contributed by atoms with Crippen molar-refractivity contribution < 1.29 is 4.74 Å². The maximum atomic E-state index is 5.95. The highest BCUT2D eigenvalue weighted by Gasteiger charge is 2.07. The monoisotopic (exact) mass is 250 g/mol. The molecule has 0 saturated carbocycles. The minimum atomic E-state index is 0.476. The van der Waals surface area contributed by atoms with Gasteiger partial charge in [0.05, 0.1) is 12.1 Å². The fourth-order valence-corrected chi connectivity index (χ4v) is 1.77. The molecule has 0 aliphatic carbocycles. The molecular weight excluding hydrogens is 239 g/mol. The van der Waals surface area contributed by atoms with Crippen LogP contribution in [0.4, 0.5) is 0 Å². The Balaban J connectivity index is 2.91. The number of halogens is 2. The zero-order valence-corrected chi connectivity index (χ0v) is 10.3. The summed E-state index contributed by atoms with van der Waals surface area (Å²) in [5.41, 5.74) is 1.13. The van der Waals surface area contributed by atoms with E-state index < -0.39 is 0 Å². The Bertz CT molecular complexity index is 315. The van der Waals surface area contributed by atoms with E-state index in [1.807, 2.05) is 12.1 Å². The topological polar surface area (TPSA) is 9.23 Å². The van der Waals surface area contributed by atoms with Crippen molar-refractivity contribution in [3.8, 4) is 5.75 Å². The van der Waals surface area contributed by atoms with Crippen molar-refractivity contribution in [2.45, 2.75) is 12.8 Å². The molecule has 0 N–H and O–H groups in total. The van der Waals surface area contributed by atoms with Crippen molar-refractivity contribution in [1.29, 1.82) is 0 Å². The van der Waals surface area contributed by atoms with Gasteiger partial charge in [-0.25, -0.2) is 0 Å². The molecule has 0 atom stereocenters. The van der Waals surface area contributed by atoms with Crippen LogP contribution in [0.1, 0.15) is 12.0 Å². The molecule has 78 valence electrons. The van der Waals surface area contributed by atoms with Crippen LogP contribution in [-0.4, -0.2) is 12.9 Å². The van der Waals surface area contributed by atoms with E-state index in [1.54, 1.807) is 7.11 Å². The molecule has 0 bridgehead atoms. The summed E-state index contributed by atoms with van der Waals surface area (Å²) in [6, 6.07) is 3.79. The summed E-state index contributed by atoms with van der Waals surface area (Å²) in [4.78, 5) is 0. The van der Waals surface area contributed by atoms with Crippen molar-refractivity contribution in [3.63, 3.8) is 0 Å². The first-order valence-electron chi connectivity index (χ1n) is 4.31. The molecule has 4 heteroatoms. The van der Waals surface area contributed by atoms with Gasteiger partial charge < -0.3 is 4.74 Å². The first-order valence-corrected chi connectivity index (χ1v) is 5.70. The van der Waals surface area contributed by atoms with E-state index in [1.165, 1.54) is 0 Å². The standard InChI is InChI=1S/C10H12Cl2OS/c1-13-9-6-7(3-2-4-14)5-8(11)10(9)12/h5-6,14H,2-4H2,1H3. The lowest BCUT2D eigenvalue weighted by molar-refractivity contribution is 0.414. The highest BCUT2D eigenvalue weighted by Crippen LogP contribution is 2.33. The lowest BCUT2D eigenvalue weighted by Crippen LogP contribution is -1.91. The summed E-state index contributed by atoms with van der Waals surface area (Å²) in [5.74, 6) is 1.50. The maximum absolute atomic E-state index is 5.95. The van der Waals surface area contributed by atoms with Crippen LogP contribution in [0.5, 0.6) is 5.75 Å². The number of thiol groups is 1. The third-order valence-corrected chi connectivity index (χ3v) is 3.00. The quantitative estimate of drug-likeness (QED) is 0.799. The number of benzene rings is 1. The van der Waals surface area contributed by atoms with Crippen molar-refractivity contribution in [3.05, 3.63) is 27.7 Å². The second-order valence-corrected chi connectivity index (χ2v) is 4.15. The summed E-state index contributed by atoms with van der Waals surface area (Å²) in [5, 5.41) is 1.02. The van der Waals surface area contributed by atoms with Crippen LogP contribution in [0.15, 0.2) is 12.1 Å². The van der Waals surface area contributed by atoms with Gasteiger partial charge in [0, 0.05) is 0 Å². The summed E-state index contributed by atoms with van der Waals surface area (Å²) >= 11 is 16.0. The summed E-state index contributed by atoms with van der Waals surface area (Å²) < 4.78 is 5.11. The van der Waals surface area contributed by atoms with Crippen molar-refractivity contribution in [2.75, 3.05) is 12.9 Å². The van der Waals surface area contributed by atoms with Gasteiger partial charge in [0.2, 0.25) is 0 Å². The number of methoxy groups -OCH3 is 1. The SMILES string of the molecule is COc1cc(CCCS)cc(Cl)c1Cl. The fraction of sp³-hybridized carbons (Fsp3) is 0.400. The molecule has 0 heterocycles. The summed E-state index contributed by atoms with van der Waals surface area (Å²) in [6.45, 7) is 0. The smallest absolute Gasteiger partial charge is 0.139 e. The van der Waals surface area contributed by atoms with E-state index in [0.717, 1.165) is 24.2 Å². The Morgan fingerprint density at radius 2 is 2.07 bits per heavy atom. The highest BCUT2D eigenvalue weighted by atomic mass is 35.5. The van der Waals surface area contributed by atoms with E-state index in [-0.39, 0.29) is 0 Å². The second kappa shape index (κ2) is 5.74. The van der Waals surface area contributed by atoms with Gasteiger partial charge in [-0.3, -0.25) is 0 Å². The van der Waals surface area contributed by atoms with Crippen LogP contribution in [0, 0.1) is 0 Å². The molecule has 0 spiro atoms. The average Bonchev–Trinajstić information content (AvgIpc) is 2.19. The van der Waals surface area contributed by atoms with Gasteiger partial charge in [-0.2, -0.15) is 12.6 Å². The fourth-order valence-electron chi connectivity index (χ4n) is 1.19. The zero-order valence-electron chi connectivity index (χ0n) is 7.89. The Kier molecular flexibility index (Phi) is 4.93. The second-order valence-electron chi connectivity index (χ2n) is 2.92. The molecule has 0 amide bonds. The number of hydrogen-bond donors (Lipinski definition) is 1. The van der Waals surface area contributed by atoms with E-state index in [9.17, 15) is 0 Å². The third kappa shape index (κ3) is 2.97. The predicted octanol–water partition coefficient (Wildman–Crippen LogP) is 3.86. The van der Waals surface area contributed by atoms with Crippen LogP contribution in [0.25, 0.3) is 0 Å². The van der Waals surface area contributed by atoms with Gasteiger partial charge in [0.25, 0.3) is 0 Å². The Hall–Kier alpha value is -0.0500. The van der Waals surface area contributed by atoms with E-state index in [0.29, 0.717) is 15.8 Å². The van der Waals surface area contributed by atoms with Gasteiger partial charge in [0.15, 0.2) is 0 Å². The van der Waals surface area contributed by atoms with Crippen LogP contribution in [0.2, 0.25) is 10.0 Å². The number of hydrogen-bond acceptors (Lipinski definition) is 2. The van der Waals surface area contributed by atoms with Crippen LogP contribution >= 0.6 is 35.8 Å². The molecule has 14 heavy (non-hydrogen) atoms. The molecule has 0 aliphatic rings. The highest BCUT2D eigenvalue weighted by molar-refractivity contribution is 7.80. The molecule has 0 radical (unpaired) electrons. The molecule has 0 aromatic heterocycles. The molecule has 0 saturated heterocycles. The van der Waals surface area contributed by atoms with Gasteiger partial charge in [-0.1, -0.05) is 23.2 Å². The molecule has 1 aromatic rings. The van der Waals surface area contributed by atoms with Gasteiger partial charge >= 0.3 is 0 Å². The molecule has 0 unspecified atom stereocenters. The van der Waals surface area contributed by atoms with Crippen LogP contribution < -0.4 is 4.74 Å². The van der Waals surface area contributed by atoms with E-state index in [4.69, 9.17) is 27.9 Å². The zero-order chi connectivity index (χ0) is 10.6. The average molecular weight is 251 g/mol. The number of rotatable bonds is 4. The lowest BCUT2D eigenvalue weighted by atomic mass is 10.1. The Morgan fingerprint density at radius 1 is 1.36 bits per heavy atom. The molecule has 0 fully saturated rings. The minimum absolute atomic E-state index is 0.476. The Labute approximate surface area is 99.8 Å². The minimum Gasteiger partial charge on any atom is -0.495 e. The summed E-state index contributed by atoms with van der Waals surface area (Å²) in [7, 11) is 1.58. The van der Waals surface area contributed by atoms with Crippen LogP contribution in [-0.2, 0) is 6.42 Å². The third-order valence-electron chi connectivity index (χ3n) is 1.90. The van der Waals surface area contributed by atoms with E-state index >= 15 is 0 Å². The van der Waals surface area contributed by atoms with Crippen molar-refractivity contribution in [1.82, 2.24) is 0 Å². The molecule has 0 aliphatic heterocycles.